The summed E-state index contributed by atoms with van der Waals surface area (Å²) in [5, 5.41) is 2.95. The Kier molecular flexibility index (Phi) is 2.28. The molecule has 0 radical (unpaired) electrons. The van der Waals surface area contributed by atoms with Gasteiger partial charge in [-0.15, -0.1) is 0 Å². The molecule has 7 nitrogen and oxygen atoms in total. The number of hydrogen-bond acceptors (Lipinski definition) is 7. The van der Waals surface area contributed by atoms with E-state index >= 15 is 0 Å². The quantitative estimate of drug-likeness (QED) is 0.637. The first-order valence-electron chi connectivity index (χ1n) is 4.16. The summed E-state index contributed by atoms with van der Waals surface area (Å²) < 4.78 is 0. The van der Waals surface area contributed by atoms with Gasteiger partial charge in [0, 0.05) is 6.07 Å². The van der Waals surface area contributed by atoms with Crippen molar-refractivity contribution in [2.75, 3.05) is 16.8 Å². The summed E-state index contributed by atoms with van der Waals surface area (Å²) in [6, 6.07) is 1.57. The predicted octanol–water partition coefficient (Wildman–Crippen LogP) is 0.175. The molecule has 0 saturated carbocycles. The van der Waals surface area contributed by atoms with E-state index in [2.05, 4.69) is 25.3 Å². The molecular formula is C8H9N7. The maximum absolute atomic E-state index is 5.51. The maximum atomic E-state index is 5.51. The molecule has 0 unspecified atom stereocenters. The second-order valence-corrected chi connectivity index (χ2v) is 2.79. The van der Waals surface area contributed by atoms with Gasteiger partial charge in [0.05, 0.1) is 18.1 Å². The Balaban J connectivity index is 2.25. The van der Waals surface area contributed by atoms with Gasteiger partial charge in [-0.3, -0.25) is 0 Å². The topological polar surface area (TPSA) is 116 Å². The molecule has 2 aromatic heterocycles. The van der Waals surface area contributed by atoms with Crippen LogP contribution in [0.4, 0.5) is 23.3 Å². The Morgan fingerprint density at radius 2 is 1.80 bits per heavy atom. The Morgan fingerprint density at radius 1 is 1.07 bits per heavy atom. The van der Waals surface area contributed by atoms with Crippen LogP contribution in [0.1, 0.15) is 0 Å². The van der Waals surface area contributed by atoms with Gasteiger partial charge in [-0.1, -0.05) is 0 Å². The molecule has 0 spiro atoms. The SMILES string of the molecule is Nc1cc(Nc2cncnc2)nc(N)n1. The molecule has 0 aliphatic rings. The molecule has 0 aromatic carbocycles. The number of anilines is 4. The van der Waals surface area contributed by atoms with Crippen molar-refractivity contribution in [1.29, 1.82) is 0 Å². The number of rotatable bonds is 2. The number of nitrogens with two attached hydrogens (primary N) is 2. The van der Waals surface area contributed by atoms with Gasteiger partial charge in [-0.25, -0.2) is 9.97 Å². The van der Waals surface area contributed by atoms with Crippen LogP contribution in [0.25, 0.3) is 0 Å². The fourth-order valence-corrected chi connectivity index (χ4v) is 1.06. The highest BCUT2D eigenvalue weighted by atomic mass is 15.1. The first-order chi connectivity index (χ1) is 7.24. The summed E-state index contributed by atoms with van der Waals surface area (Å²) in [5.74, 6) is 0.936. The Labute approximate surface area is 85.6 Å². The van der Waals surface area contributed by atoms with E-state index in [4.69, 9.17) is 11.5 Å². The minimum absolute atomic E-state index is 0.120. The van der Waals surface area contributed by atoms with Crippen molar-refractivity contribution in [1.82, 2.24) is 19.9 Å². The molecule has 2 rings (SSSR count). The smallest absolute Gasteiger partial charge is 0.223 e. The maximum Gasteiger partial charge on any atom is 0.223 e. The zero-order valence-corrected chi connectivity index (χ0v) is 7.75. The van der Waals surface area contributed by atoms with Gasteiger partial charge < -0.3 is 16.8 Å². The van der Waals surface area contributed by atoms with Crippen molar-refractivity contribution in [3.63, 3.8) is 0 Å². The lowest BCUT2D eigenvalue weighted by atomic mass is 10.4. The first-order valence-corrected chi connectivity index (χ1v) is 4.16. The fourth-order valence-electron chi connectivity index (χ4n) is 1.06. The highest BCUT2D eigenvalue weighted by Crippen LogP contribution is 2.14. The molecule has 0 bridgehead atoms. The molecule has 7 heteroatoms. The molecule has 15 heavy (non-hydrogen) atoms. The highest BCUT2D eigenvalue weighted by Gasteiger charge is 2.00. The van der Waals surface area contributed by atoms with E-state index in [9.17, 15) is 0 Å². The van der Waals surface area contributed by atoms with Crippen molar-refractivity contribution in [3.8, 4) is 0 Å². The molecule has 0 aliphatic carbocycles. The van der Waals surface area contributed by atoms with Gasteiger partial charge in [-0.05, 0) is 0 Å². The Morgan fingerprint density at radius 3 is 2.47 bits per heavy atom. The largest absolute Gasteiger partial charge is 0.383 e. The molecule has 2 heterocycles. The molecule has 0 fully saturated rings. The Hall–Kier alpha value is -2.44. The number of nitrogens with one attached hydrogen (secondary N) is 1. The average molecular weight is 203 g/mol. The van der Waals surface area contributed by atoms with Crippen LogP contribution in [0.15, 0.2) is 24.8 Å². The van der Waals surface area contributed by atoms with E-state index in [1.165, 1.54) is 6.33 Å². The second-order valence-electron chi connectivity index (χ2n) is 2.79. The fraction of sp³-hybridized carbons (Fsp3) is 0. The van der Waals surface area contributed by atoms with Crippen molar-refractivity contribution in [3.05, 3.63) is 24.8 Å². The van der Waals surface area contributed by atoms with Crippen LogP contribution < -0.4 is 16.8 Å². The Bertz CT molecular complexity index is 436. The zero-order valence-electron chi connectivity index (χ0n) is 7.75. The minimum atomic E-state index is 0.120. The highest BCUT2D eigenvalue weighted by molar-refractivity contribution is 5.58. The third kappa shape index (κ3) is 2.27. The first kappa shape index (κ1) is 9.13. The zero-order chi connectivity index (χ0) is 10.7. The van der Waals surface area contributed by atoms with Crippen LogP contribution in [-0.2, 0) is 0 Å². The molecule has 2 aromatic rings. The molecule has 5 N–H and O–H groups in total. The van der Waals surface area contributed by atoms with Crippen LogP contribution in [0, 0.1) is 0 Å². The molecule has 0 saturated heterocycles. The third-order valence-corrected chi connectivity index (χ3v) is 1.60. The lowest BCUT2D eigenvalue weighted by molar-refractivity contribution is 1.15. The van der Waals surface area contributed by atoms with E-state index in [0.29, 0.717) is 17.3 Å². The number of nitrogen functional groups attached to an aromatic ring is 2. The van der Waals surface area contributed by atoms with E-state index in [1.54, 1.807) is 18.5 Å². The molecular weight excluding hydrogens is 194 g/mol. The van der Waals surface area contributed by atoms with Crippen LogP contribution >= 0.6 is 0 Å². The van der Waals surface area contributed by atoms with Gasteiger partial charge in [0.1, 0.15) is 18.0 Å². The van der Waals surface area contributed by atoms with Gasteiger partial charge >= 0.3 is 0 Å². The van der Waals surface area contributed by atoms with Crippen LogP contribution in [-0.4, -0.2) is 19.9 Å². The number of aromatic nitrogens is 4. The van der Waals surface area contributed by atoms with Crippen molar-refractivity contribution in [2.45, 2.75) is 0 Å². The van der Waals surface area contributed by atoms with Crippen molar-refractivity contribution in [2.24, 2.45) is 0 Å². The van der Waals surface area contributed by atoms with Crippen molar-refractivity contribution < 1.29 is 0 Å². The monoisotopic (exact) mass is 203 g/mol. The predicted molar refractivity (Wildman–Crippen MR) is 56.2 cm³/mol. The van der Waals surface area contributed by atoms with E-state index < -0.39 is 0 Å². The summed E-state index contributed by atoms with van der Waals surface area (Å²) in [6.45, 7) is 0. The van der Waals surface area contributed by atoms with Crippen LogP contribution in [0.3, 0.4) is 0 Å². The van der Waals surface area contributed by atoms with E-state index in [-0.39, 0.29) is 5.95 Å². The molecule has 0 aliphatic heterocycles. The standard InChI is InChI=1S/C8H9N7/c9-6-1-7(15-8(10)14-6)13-5-2-11-4-12-3-5/h1-4H,(H5,9,10,13,14,15). The number of hydrogen-bond donors (Lipinski definition) is 3. The summed E-state index contributed by atoms with van der Waals surface area (Å²) in [7, 11) is 0. The van der Waals surface area contributed by atoms with Gasteiger partial charge in [0.15, 0.2) is 0 Å². The van der Waals surface area contributed by atoms with E-state index in [1.807, 2.05) is 0 Å². The molecule has 0 atom stereocenters. The number of nitrogens with zero attached hydrogens (tertiary/aromatic N) is 4. The summed E-state index contributed by atoms with van der Waals surface area (Å²) in [6.07, 6.45) is 4.66. The normalized spacial score (nSPS) is 9.87. The van der Waals surface area contributed by atoms with Crippen molar-refractivity contribution >= 4 is 23.3 Å². The summed E-state index contributed by atoms with van der Waals surface area (Å²) in [4.78, 5) is 15.4. The van der Waals surface area contributed by atoms with Gasteiger partial charge in [0.25, 0.3) is 0 Å². The van der Waals surface area contributed by atoms with Gasteiger partial charge in [0.2, 0.25) is 5.95 Å². The van der Waals surface area contributed by atoms with Gasteiger partial charge in [-0.2, -0.15) is 9.97 Å². The molecule has 76 valence electrons. The van der Waals surface area contributed by atoms with Crippen LogP contribution in [0.5, 0.6) is 0 Å². The van der Waals surface area contributed by atoms with E-state index in [0.717, 1.165) is 0 Å². The minimum Gasteiger partial charge on any atom is -0.383 e. The van der Waals surface area contributed by atoms with Crippen LogP contribution in [0.2, 0.25) is 0 Å². The lowest BCUT2D eigenvalue weighted by Gasteiger charge is -2.05. The average Bonchev–Trinajstić information content (AvgIpc) is 2.17. The summed E-state index contributed by atoms with van der Waals surface area (Å²) >= 11 is 0. The lowest BCUT2D eigenvalue weighted by Crippen LogP contribution is -2.03. The second kappa shape index (κ2) is 3.74. The summed E-state index contributed by atoms with van der Waals surface area (Å²) in [5.41, 5.74) is 11.7. The third-order valence-electron chi connectivity index (χ3n) is 1.60. The molecule has 0 amide bonds.